The number of esters is 1. The highest BCUT2D eigenvalue weighted by molar-refractivity contribution is 5.69. The summed E-state index contributed by atoms with van der Waals surface area (Å²) in [7, 11) is 0. The van der Waals surface area contributed by atoms with Crippen molar-refractivity contribution in [2.24, 2.45) is 5.92 Å². The molecule has 1 saturated carbocycles. The Morgan fingerprint density at radius 2 is 2.00 bits per heavy atom. The SMILES string of the molecule is CCOC(=O)CCCCCOC1CCCC(CC)C1. The van der Waals surface area contributed by atoms with Gasteiger partial charge in [-0.15, -0.1) is 0 Å². The normalized spacial score (nSPS) is 23.3. The Labute approximate surface area is 118 Å². The van der Waals surface area contributed by atoms with Crippen LogP contribution in [-0.4, -0.2) is 25.3 Å². The number of hydrogen-bond acceptors (Lipinski definition) is 3. The molecule has 1 aliphatic rings. The Morgan fingerprint density at radius 3 is 2.74 bits per heavy atom. The van der Waals surface area contributed by atoms with Crippen molar-refractivity contribution in [1.29, 1.82) is 0 Å². The lowest BCUT2D eigenvalue weighted by Gasteiger charge is -2.28. The highest BCUT2D eigenvalue weighted by Gasteiger charge is 2.20. The zero-order valence-electron chi connectivity index (χ0n) is 12.7. The summed E-state index contributed by atoms with van der Waals surface area (Å²) < 4.78 is 10.9. The van der Waals surface area contributed by atoms with Crippen LogP contribution in [0.5, 0.6) is 0 Å². The number of carbonyl (C=O) groups excluding carboxylic acids is 1. The molecule has 0 amide bonds. The van der Waals surface area contributed by atoms with Crippen molar-refractivity contribution in [1.82, 2.24) is 0 Å². The van der Waals surface area contributed by atoms with E-state index >= 15 is 0 Å². The first kappa shape index (κ1) is 16.5. The van der Waals surface area contributed by atoms with E-state index in [0.29, 0.717) is 19.1 Å². The highest BCUT2D eigenvalue weighted by atomic mass is 16.5. The number of rotatable bonds is 9. The third-order valence-electron chi connectivity index (χ3n) is 4.00. The molecule has 0 spiro atoms. The van der Waals surface area contributed by atoms with Crippen molar-refractivity contribution in [3.63, 3.8) is 0 Å². The van der Waals surface area contributed by atoms with Crippen molar-refractivity contribution < 1.29 is 14.3 Å². The second-order valence-electron chi connectivity index (χ2n) is 5.55. The lowest BCUT2D eigenvalue weighted by Crippen LogP contribution is -2.23. The molecule has 2 unspecified atom stereocenters. The summed E-state index contributed by atoms with van der Waals surface area (Å²) in [6.45, 7) is 5.47. The molecule has 0 aromatic heterocycles. The zero-order valence-corrected chi connectivity index (χ0v) is 12.7. The van der Waals surface area contributed by atoms with Crippen LogP contribution in [-0.2, 0) is 14.3 Å². The third-order valence-corrected chi connectivity index (χ3v) is 4.00. The summed E-state index contributed by atoms with van der Waals surface area (Å²) in [5.41, 5.74) is 0. The molecule has 1 fully saturated rings. The zero-order chi connectivity index (χ0) is 13.9. The second kappa shape index (κ2) is 10.2. The topological polar surface area (TPSA) is 35.5 Å². The fourth-order valence-corrected chi connectivity index (χ4v) is 2.80. The van der Waals surface area contributed by atoms with Gasteiger partial charge in [-0.1, -0.05) is 32.6 Å². The van der Waals surface area contributed by atoms with Crippen LogP contribution in [0.15, 0.2) is 0 Å². The van der Waals surface area contributed by atoms with Crippen molar-refractivity contribution >= 4 is 5.97 Å². The average Bonchev–Trinajstić information content (AvgIpc) is 2.43. The van der Waals surface area contributed by atoms with Crippen LogP contribution in [0.25, 0.3) is 0 Å². The summed E-state index contributed by atoms with van der Waals surface area (Å²) in [6, 6.07) is 0. The van der Waals surface area contributed by atoms with E-state index in [0.717, 1.165) is 31.8 Å². The quantitative estimate of drug-likeness (QED) is 0.467. The second-order valence-corrected chi connectivity index (χ2v) is 5.55. The van der Waals surface area contributed by atoms with Gasteiger partial charge in [0.15, 0.2) is 0 Å². The van der Waals surface area contributed by atoms with Gasteiger partial charge in [-0.2, -0.15) is 0 Å². The third kappa shape index (κ3) is 7.56. The largest absolute Gasteiger partial charge is 0.466 e. The van der Waals surface area contributed by atoms with Crippen LogP contribution in [0.3, 0.4) is 0 Å². The van der Waals surface area contributed by atoms with Gasteiger partial charge in [0.1, 0.15) is 0 Å². The molecule has 0 aromatic rings. The van der Waals surface area contributed by atoms with Crippen molar-refractivity contribution in [2.75, 3.05) is 13.2 Å². The Bertz CT molecular complexity index is 240. The van der Waals surface area contributed by atoms with E-state index in [9.17, 15) is 4.79 Å². The monoisotopic (exact) mass is 270 g/mol. The molecule has 112 valence electrons. The van der Waals surface area contributed by atoms with E-state index < -0.39 is 0 Å². The van der Waals surface area contributed by atoms with E-state index in [1.54, 1.807) is 0 Å². The van der Waals surface area contributed by atoms with Crippen LogP contribution < -0.4 is 0 Å². The molecule has 0 radical (unpaired) electrons. The van der Waals surface area contributed by atoms with Gasteiger partial charge in [0.05, 0.1) is 12.7 Å². The van der Waals surface area contributed by atoms with Gasteiger partial charge in [-0.05, 0) is 38.5 Å². The van der Waals surface area contributed by atoms with Crippen LogP contribution in [0, 0.1) is 5.92 Å². The fraction of sp³-hybridized carbons (Fsp3) is 0.938. The summed E-state index contributed by atoms with van der Waals surface area (Å²) in [4.78, 5) is 11.1. The van der Waals surface area contributed by atoms with Crippen molar-refractivity contribution in [3.05, 3.63) is 0 Å². The first-order chi connectivity index (χ1) is 9.26. The van der Waals surface area contributed by atoms with Crippen molar-refractivity contribution in [3.8, 4) is 0 Å². The maximum atomic E-state index is 11.1. The van der Waals surface area contributed by atoms with Gasteiger partial charge in [0.25, 0.3) is 0 Å². The van der Waals surface area contributed by atoms with Gasteiger partial charge < -0.3 is 9.47 Å². The van der Waals surface area contributed by atoms with E-state index in [4.69, 9.17) is 9.47 Å². The average molecular weight is 270 g/mol. The summed E-state index contributed by atoms with van der Waals surface area (Å²) in [6.07, 6.45) is 10.6. The molecule has 0 aliphatic heterocycles. The molecule has 2 atom stereocenters. The minimum atomic E-state index is -0.0681. The molecular formula is C16H30O3. The van der Waals surface area contributed by atoms with Crippen LogP contribution in [0.4, 0.5) is 0 Å². The smallest absolute Gasteiger partial charge is 0.305 e. The molecule has 0 saturated heterocycles. The lowest BCUT2D eigenvalue weighted by molar-refractivity contribution is -0.143. The van der Waals surface area contributed by atoms with Gasteiger partial charge >= 0.3 is 5.97 Å². The van der Waals surface area contributed by atoms with Gasteiger partial charge in [-0.3, -0.25) is 4.79 Å². The van der Waals surface area contributed by atoms with Crippen LogP contribution >= 0.6 is 0 Å². The van der Waals surface area contributed by atoms with Crippen LogP contribution in [0.1, 0.15) is 71.6 Å². The first-order valence-electron chi connectivity index (χ1n) is 8.03. The maximum absolute atomic E-state index is 11.1. The lowest BCUT2D eigenvalue weighted by atomic mass is 9.85. The van der Waals surface area contributed by atoms with Gasteiger partial charge in [-0.25, -0.2) is 0 Å². The molecule has 19 heavy (non-hydrogen) atoms. The van der Waals surface area contributed by atoms with E-state index in [1.807, 2.05) is 6.92 Å². The highest BCUT2D eigenvalue weighted by Crippen LogP contribution is 2.28. The minimum absolute atomic E-state index is 0.0681. The predicted molar refractivity (Wildman–Crippen MR) is 77.1 cm³/mol. The number of hydrogen-bond donors (Lipinski definition) is 0. The van der Waals surface area contributed by atoms with Crippen LogP contribution in [0.2, 0.25) is 0 Å². The predicted octanol–water partition coefficient (Wildman–Crippen LogP) is 4.10. The molecule has 1 aliphatic carbocycles. The molecule has 0 heterocycles. The fourth-order valence-electron chi connectivity index (χ4n) is 2.80. The van der Waals surface area contributed by atoms with Gasteiger partial charge in [0, 0.05) is 13.0 Å². The summed E-state index contributed by atoms with van der Waals surface area (Å²) in [5, 5.41) is 0. The molecule has 3 nitrogen and oxygen atoms in total. The number of unbranched alkanes of at least 4 members (excludes halogenated alkanes) is 2. The molecule has 0 N–H and O–H groups in total. The Morgan fingerprint density at radius 1 is 1.16 bits per heavy atom. The number of carbonyl (C=O) groups is 1. The molecular weight excluding hydrogens is 240 g/mol. The van der Waals surface area contributed by atoms with E-state index in [-0.39, 0.29) is 5.97 Å². The molecule has 0 bridgehead atoms. The van der Waals surface area contributed by atoms with Gasteiger partial charge in [0.2, 0.25) is 0 Å². The molecule has 1 rings (SSSR count). The number of ether oxygens (including phenoxy) is 2. The first-order valence-corrected chi connectivity index (χ1v) is 8.03. The Kier molecular flexibility index (Phi) is 8.89. The van der Waals surface area contributed by atoms with E-state index in [1.165, 1.54) is 32.1 Å². The molecule has 0 aromatic carbocycles. The minimum Gasteiger partial charge on any atom is -0.466 e. The maximum Gasteiger partial charge on any atom is 0.305 e. The Hall–Kier alpha value is -0.570. The summed E-state index contributed by atoms with van der Waals surface area (Å²) >= 11 is 0. The van der Waals surface area contributed by atoms with E-state index in [2.05, 4.69) is 6.92 Å². The standard InChI is InChI=1S/C16H30O3/c1-3-14-9-8-10-15(13-14)19-12-7-5-6-11-16(17)18-4-2/h14-15H,3-13H2,1-2H3. The summed E-state index contributed by atoms with van der Waals surface area (Å²) in [5.74, 6) is 0.809. The molecule has 3 heteroatoms. The van der Waals surface area contributed by atoms with Crippen molar-refractivity contribution in [2.45, 2.75) is 77.7 Å². The Balaban J connectivity index is 1.94.